The maximum absolute atomic E-state index is 3.79. The van der Waals surface area contributed by atoms with E-state index in [2.05, 4.69) is 30.9 Å². The minimum Gasteiger partial charge on any atom is -0.300 e. The lowest BCUT2D eigenvalue weighted by Gasteiger charge is -2.38. The highest BCUT2D eigenvalue weighted by Crippen LogP contribution is 2.44. The van der Waals surface area contributed by atoms with Gasteiger partial charge in [0.15, 0.2) is 0 Å². The third-order valence-corrected chi connectivity index (χ3v) is 4.64. The number of hydrogen-bond donors (Lipinski definition) is 1. The fourth-order valence-corrected chi connectivity index (χ4v) is 4.31. The highest BCUT2D eigenvalue weighted by atomic mass is 32.2. The molecule has 0 radical (unpaired) electrons. The van der Waals surface area contributed by atoms with Crippen LogP contribution in [0.5, 0.6) is 0 Å². The molecule has 2 fully saturated rings. The largest absolute Gasteiger partial charge is 0.300 e. The van der Waals surface area contributed by atoms with E-state index < -0.39 is 0 Å². The zero-order chi connectivity index (χ0) is 8.60. The predicted molar refractivity (Wildman–Crippen MR) is 55.4 cm³/mol. The molecule has 1 nitrogen and oxygen atoms in total. The third kappa shape index (κ3) is 1.64. The van der Waals surface area contributed by atoms with Crippen molar-refractivity contribution < 1.29 is 0 Å². The summed E-state index contributed by atoms with van der Waals surface area (Å²) in [5.41, 5.74) is 0. The van der Waals surface area contributed by atoms with Gasteiger partial charge < -0.3 is 5.32 Å². The number of nitrogens with one attached hydrogen (secondary N) is 1. The smallest absolute Gasteiger partial charge is 0.0649 e. The molecule has 0 aromatic rings. The van der Waals surface area contributed by atoms with Crippen LogP contribution in [0.4, 0.5) is 0 Å². The van der Waals surface area contributed by atoms with Crippen LogP contribution in [0.25, 0.3) is 0 Å². The first-order valence-electron chi connectivity index (χ1n) is 5.12. The molecule has 1 spiro atoms. The minimum atomic E-state index is 0.483. The first-order valence-corrected chi connectivity index (χ1v) is 6.10. The number of rotatable bonds is 0. The molecular weight excluding hydrogens is 166 g/mol. The first kappa shape index (κ1) is 8.89. The second kappa shape index (κ2) is 3.22. The predicted octanol–water partition coefficient (Wildman–Crippen LogP) is 2.62. The van der Waals surface area contributed by atoms with E-state index in [-0.39, 0.29) is 0 Å². The lowest BCUT2D eigenvalue weighted by molar-refractivity contribution is 0.384. The standard InChI is InChI=1S/C10H19NS/c1-8-3-5-10(7-8)11-9(2)4-6-12-10/h8-9,11H,3-7H2,1-2H3. The van der Waals surface area contributed by atoms with E-state index in [0.29, 0.717) is 4.87 Å². The summed E-state index contributed by atoms with van der Waals surface area (Å²) in [6, 6.07) is 0.747. The normalized spacial score (nSPS) is 48.5. The van der Waals surface area contributed by atoms with E-state index >= 15 is 0 Å². The van der Waals surface area contributed by atoms with Gasteiger partial charge in [-0.15, -0.1) is 11.8 Å². The Hall–Kier alpha value is 0.310. The summed E-state index contributed by atoms with van der Waals surface area (Å²) in [5.74, 6) is 2.30. The highest BCUT2D eigenvalue weighted by Gasteiger charge is 2.40. The summed E-state index contributed by atoms with van der Waals surface area (Å²) in [6.45, 7) is 4.71. The molecular formula is C10H19NS. The minimum absolute atomic E-state index is 0.483. The molecule has 0 bridgehead atoms. The van der Waals surface area contributed by atoms with Crippen molar-refractivity contribution in [1.29, 1.82) is 0 Å². The van der Waals surface area contributed by atoms with Gasteiger partial charge in [0, 0.05) is 6.04 Å². The Balaban J connectivity index is 2.00. The van der Waals surface area contributed by atoms with Gasteiger partial charge in [-0.1, -0.05) is 6.92 Å². The molecule has 12 heavy (non-hydrogen) atoms. The molecule has 70 valence electrons. The average molecular weight is 185 g/mol. The van der Waals surface area contributed by atoms with Crippen LogP contribution in [0.15, 0.2) is 0 Å². The molecule has 1 N–H and O–H groups in total. The summed E-state index contributed by atoms with van der Waals surface area (Å²) in [5, 5.41) is 3.79. The van der Waals surface area contributed by atoms with Crippen LogP contribution < -0.4 is 5.32 Å². The first-order chi connectivity index (χ1) is 5.70. The van der Waals surface area contributed by atoms with Crippen molar-refractivity contribution in [2.75, 3.05) is 5.75 Å². The van der Waals surface area contributed by atoms with Gasteiger partial charge in [0.25, 0.3) is 0 Å². The lowest BCUT2D eigenvalue weighted by Crippen LogP contribution is -2.48. The average Bonchev–Trinajstić information content (AvgIpc) is 2.32. The van der Waals surface area contributed by atoms with Crippen LogP contribution >= 0.6 is 11.8 Å². The van der Waals surface area contributed by atoms with E-state index in [1.165, 1.54) is 31.4 Å². The third-order valence-electron chi connectivity index (χ3n) is 3.16. The summed E-state index contributed by atoms with van der Waals surface area (Å²) in [7, 11) is 0. The second-order valence-corrected chi connectivity index (χ2v) is 6.00. The molecule has 0 amide bonds. The number of thioether (sulfide) groups is 1. The topological polar surface area (TPSA) is 12.0 Å². The van der Waals surface area contributed by atoms with Gasteiger partial charge in [-0.05, 0) is 44.3 Å². The van der Waals surface area contributed by atoms with Crippen molar-refractivity contribution in [2.24, 2.45) is 5.92 Å². The van der Waals surface area contributed by atoms with E-state index in [4.69, 9.17) is 0 Å². The summed E-state index contributed by atoms with van der Waals surface area (Å²) >= 11 is 2.17. The monoisotopic (exact) mass is 185 g/mol. The molecule has 0 aromatic carbocycles. The van der Waals surface area contributed by atoms with Gasteiger partial charge in [-0.3, -0.25) is 0 Å². The van der Waals surface area contributed by atoms with Gasteiger partial charge in [-0.25, -0.2) is 0 Å². The van der Waals surface area contributed by atoms with E-state index in [0.717, 1.165) is 12.0 Å². The molecule has 1 aliphatic carbocycles. The summed E-state index contributed by atoms with van der Waals surface area (Å²) in [6.07, 6.45) is 5.55. The highest BCUT2D eigenvalue weighted by molar-refractivity contribution is 8.00. The maximum atomic E-state index is 3.79. The Labute approximate surface area is 79.7 Å². The van der Waals surface area contributed by atoms with Gasteiger partial charge in [0.1, 0.15) is 0 Å². The fraction of sp³-hybridized carbons (Fsp3) is 1.00. The fourth-order valence-electron chi connectivity index (χ4n) is 2.50. The van der Waals surface area contributed by atoms with Gasteiger partial charge in [0.2, 0.25) is 0 Å². The Morgan fingerprint density at radius 2 is 2.17 bits per heavy atom. The molecule has 2 rings (SSSR count). The van der Waals surface area contributed by atoms with Gasteiger partial charge >= 0.3 is 0 Å². The molecule has 1 aliphatic heterocycles. The molecule has 1 heterocycles. The van der Waals surface area contributed by atoms with Crippen molar-refractivity contribution in [3.8, 4) is 0 Å². The maximum Gasteiger partial charge on any atom is 0.0649 e. The molecule has 1 saturated heterocycles. The molecule has 2 aliphatic rings. The SMILES string of the molecule is CC1CCC2(C1)NC(C)CCS2. The lowest BCUT2D eigenvalue weighted by atomic mass is 10.1. The molecule has 3 atom stereocenters. The van der Waals surface area contributed by atoms with Crippen molar-refractivity contribution in [3.05, 3.63) is 0 Å². The van der Waals surface area contributed by atoms with Crippen molar-refractivity contribution >= 4 is 11.8 Å². The Morgan fingerprint density at radius 1 is 1.33 bits per heavy atom. The van der Waals surface area contributed by atoms with Crippen molar-refractivity contribution in [3.63, 3.8) is 0 Å². The van der Waals surface area contributed by atoms with Crippen LogP contribution in [-0.2, 0) is 0 Å². The van der Waals surface area contributed by atoms with Crippen molar-refractivity contribution in [2.45, 2.75) is 50.4 Å². The summed E-state index contributed by atoms with van der Waals surface area (Å²) in [4.78, 5) is 0.483. The van der Waals surface area contributed by atoms with E-state index in [1.54, 1.807) is 0 Å². The molecule has 1 saturated carbocycles. The van der Waals surface area contributed by atoms with Crippen LogP contribution in [0, 0.1) is 5.92 Å². The quantitative estimate of drug-likeness (QED) is 0.622. The Bertz CT molecular complexity index is 167. The van der Waals surface area contributed by atoms with Crippen LogP contribution in [0.1, 0.15) is 39.5 Å². The molecule has 3 unspecified atom stereocenters. The van der Waals surface area contributed by atoms with Gasteiger partial charge in [-0.2, -0.15) is 0 Å². The van der Waals surface area contributed by atoms with E-state index in [9.17, 15) is 0 Å². The number of hydrogen-bond acceptors (Lipinski definition) is 2. The molecule has 0 aromatic heterocycles. The van der Waals surface area contributed by atoms with Crippen LogP contribution in [-0.4, -0.2) is 16.7 Å². The zero-order valence-corrected chi connectivity index (χ0v) is 8.91. The van der Waals surface area contributed by atoms with Crippen molar-refractivity contribution in [1.82, 2.24) is 5.32 Å². The summed E-state index contributed by atoms with van der Waals surface area (Å²) < 4.78 is 0. The Morgan fingerprint density at radius 3 is 2.75 bits per heavy atom. The van der Waals surface area contributed by atoms with Crippen LogP contribution in [0.2, 0.25) is 0 Å². The second-order valence-electron chi connectivity index (χ2n) is 4.52. The van der Waals surface area contributed by atoms with E-state index in [1.807, 2.05) is 0 Å². The van der Waals surface area contributed by atoms with Crippen LogP contribution in [0.3, 0.4) is 0 Å². The Kier molecular flexibility index (Phi) is 2.39. The van der Waals surface area contributed by atoms with Gasteiger partial charge in [0.05, 0.1) is 4.87 Å². The molecule has 2 heteroatoms. The zero-order valence-electron chi connectivity index (χ0n) is 8.10.